The van der Waals surface area contributed by atoms with E-state index in [2.05, 4.69) is 0 Å². The van der Waals surface area contributed by atoms with Gasteiger partial charge in [0.1, 0.15) is 17.2 Å². The van der Waals surface area contributed by atoms with Crippen molar-refractivity contribution in [2.24, 2.45) is 0 Å². The first-order valence-corrected chi connectivity index (χ1v) is 7.04. The van der Waals surface area contributed by atoms with Gasteiger partial charge in [0.2, 0.25) is 0 Å². The van der Waals surface area contributed by atoms with Crippen LogP contribution in [-0.4, -0.2) is 5.11 Å². The lowest BCUT2D eigenvalue weighted by Gasteiger charge is -2.12. The van der Waals surface area contributed by atoms with Gasteiger partial charge >= 0.3 is 0 Å². The van der Waals surface area contributed by atoms with Crippen LogP contribution in [-0.2, 0) is 6.42 Å². The number of aliphatic hydroxyl groups excluding tert-OH is 1. The lowest BCUT2D eigenvalue weighted by Crippen LogP contribution is -2.05. The molecule has 108 valence electrons. The van der Waals surface area contributed by atoms with E-state index in [4.69, 9.17) is 16.0 Å². The Kier molecular flexibility index (Phi) is 3.70. The largest absolute Gasteiger partial charge is 0.461 e. The normalized spacial score (nSPS) is 12.8. The molecule has 0 aliphatic carbocycles. The first kappa shape index (κ1) is 14.1. The first-order valence-electron chi connectivity index (χ1n) is 6.67. The van der Waals surface area contributed by atoms with Crippen molar-refractivity contribution in [3.63, 3.8) is 0 Å². The molecule has 2 aromatic carbocycles. The number of aryl methyl sites for hydroxylation is 1. The number of halogens is 2. The fraction of sp³-hybridized carbons (Fsp3) is 0.176. The summed E-state index contributed by atoms with van der Waals surface area (Å²) in [6, 6.07) is 12.0. The summed E-state index contributed by atoms with van der Waals surface area (Å²) < 4.78 is 19.5. The SMILES string of the molecule is Cc1oc2ccccc2c1C(O)Cc1c(F)cccc1Cl. The summed E-state index contributed by atoms with van der Waals surface area (Å²) in [5, 5.41) is 11.7. The van der Waals surface area contributed by atoms with E-state index < -0.39 is 11.9 Å². The summed E-state index contributed by atoms with van der Waals surface area (Å²) in [4.78, 5) is 0. The number of furan rings is 1. The van der Waals surface area contributed by atoms with E-state index in [0.29, 0.717) is 27.5 Å². The van der Waals surface area contributed by atoms with E-state index >= 15 is 0 Å². The zero-order chi connectivity index (χ0) is 15.0. The summed E-state index contributed by atoms with van der Waals surface area (Å²) >= 11 is 6.02. The first-order chi connectivity index (χ1) is 10.1. The summed E-state index contributed by atoms with van der Waals surface area (Å²) in [6.07, 6.45) is -0.765. The molecule has 1 aromatic heterocycles. The smallest absolute Gasteiger partial charge is 0.134 e. The Bertz CT molecular complexity index is 774. The van der Waals surface area contributed by atoms with Crippen molar-refractivity contribution >= 4 is 22.6 Å². The Morgan fingerprint density at radius 1 is 1.19 bits per heavy atom. The van der Waals surface area contributed by atoms with Crippen molar-refractivity contribution in [1.82, 2.24) is 0 Å². The molecule has 3 rings (SSSR count). The molecule has 0 aliphatic rings. The third-order valence-corrected chi connectivity index (χ3v) is 3.97. The highest BCUT2D eigenvalue weighted by atomic mass is 35.5. The Hall–Kier alpha value is -1.84. The Labute approximate surface area is 126 Å². The number of aliphatic hydroxyl groups is 1. The molecule has 0 saturated carbocycles. The number of benzene rings is 2. The van der Waals surface area contributed by atoms with Crippen molar-refractivity contribution < 1.29 is 13.9 Å². The molecule has 1 unspecified atom stereocenters. The molecule has 0 bridgehead atoms. The quantitative estimate of drug-likeness (QED) is 0.753. The Morgan fingerprint density at radius 3 is 2.71 bits per heavy atom. The summed E-state index contributed by atoms with van der Waals surface area (Å²) in [5.74, 6) is 0.225. The van der Waals surface area contributed by atoms with Crippen molar-refractivity contribution in [2.75, 3.05) is 0 Å². The van der Waals surface area contributed by atoms with Gasteiger partial charge in [0.15, 0.2) is 0 Å². The van der Waals surface area contributed by atoms with Gasteiger partial charge in [-0.1, -0.05) is 35.9 Å². The number of rotatable bonds is 3. The van der Waals surface area contributed by atoms with Gasteiger partial charge in [-0.05, 0) is 25.1 Å². The molecule has 3 aromatic rings. The van der Waals surface area contributed by atoms with Crippen molar-refractivity contribution in [1.29, 1.82) is 0 Å². The average Bonchev–Trinajstić information content (AvgIpc) is 2.78. The van der Waals surface area contributed by atoms with Crippen molar-refractivity contribution in [3.8, 4) is 0 Å². The van der Waals surface area contributed by atoms with E-state index in [1.807, 2.05) is 24.3 Å². The minimum absolute atomic E-state index is 0.107. The van der Waals surface area contributed by atoms with Crippen LogP contribution in [0.15, 0.2) is 46.9 Å². The highest BCUT2D eigenvalue weighted by Gasteiger charge is 2.21. The molecule has 2 nitrogen and oxygen atoms in total. The molecule has 21 heavy (non-hydrogen) atoms. The van der Waals surface area contributed by atoms with Gasteiger partial charge in [-0.15, -0.1) is 0 Å². The van der Waals surface area contributed by atoms with E-state index in [9.17, 15) is 9.50 Å². The van der Waals surface area contributed by atoms with Gasteiger partial charge in [0.05, 0.1) is 6.10 Å². The van der Waals surface area contributed by atoms with Crippen molar-refractivity contribution in [2.45, 2.75) is 19.4 Å². The zero-order valence-corrected chi connectivity index (χ0v) is 12.2. The molecule has 1 heterocycles. The topological polar surface area (TPSA) is 33.4 Å². The Balaban J connectivity index is 2.01. The summed E-state index contributed by atoms with van der Waals surface area (Å²) in [7, 11) is 0. The van der Waals surface area contributed by atoms with Crippen LogP contribution in [0.25, 0.3) is 11.0 Å². The number of fused-ring (bicyclic) bond motifs is 1. The molecule has 1 atom stereocenters. The van der Waals surface area contributed by atoms with Gasteiger partial charge in [-0.2, -0.15) is 0 Å². The second-order valence-corrected chi connectivity index (χ2v) is 5.40. The highest BCUT2D eigenvalue weighted by molar-refractivity contribution is 6.31. The third kappa shape index (κ3) is 2.55. The van der Waals surface area contributed by atoms with E-state index in [0.717, 1.165) is 5.39 Å². The molecule has 0 amide bonds. The lowest BCUT2D eigenvalue weighted by molar-refractivity contribution is 0.176. The van der Waals surface area contributed by atoms with E-state index in [-0.39, 0.29) is 6.42 Å². The van der Waals surface area contributed by atoms with Crippen LogP contribution in [0, 0.1) is 12.7 Å². The standard InChI is InChI=1S/C17H14ClFO2/c1-10-17(11-5-2-3-8-16(11)21-10)15(20)9-12-13(18)6-4-7-14(12)19/h2-8,15,20H,9H2,1H3. The van der Waals surface area contributed by atoms with Gasteiger partial charge in [0.25, 0.3) is 0 Å². The fourth-order valence-corrected chi connectivity index (χ4v) is 2.86. The van der Waals surface area contributed by atoms with Crippen LogP contribution in [0.2, 0.25) is 5.02 Å². The molecule has 0 radical (unpaired) electrons. The van der Waals surface area contributed by atoms with Crippen LogP contribution >= 0.6 is 11.6 Å². The summed E-state index contributed by atoms with van der Waals surface area (Å²) in [6.45, 7) is 1.79. The van der Waals surface area contributed by atoms with Crippen LogP contribution in [0.5, 0.6) is 0 Å². The fourth-order valence-electron chi connectivity index (χ4n) is 2.62. The monoisotopic (exact) mass is 304 g/mol. The zero-order valence-electron chi connectivity index (χ0n) is 11.4. The minimum atomic E-state index is -0.872. The summed E-state index contributed by atoms with van der Waals surface area (Å²) in [5.41, 5.74) is 1.71. The molecule has 0 fully saturated rings. The lowest BCUT2D eigenvalue weighted by atomic mass is 9.98. The number of hydrogen-bond donors (Lipinski definition) is 1. The van der Waals surface area contributed by atoms with Gasteiger partial charge in [-0.3, -0.25) is 0 Å². The molecule has 0 aliphatic heterocycles. The molecular formula is C17H14ClFO2. The Morgan fingerprint density at radius 2 is 1.95 bits per heavy atom. The minimum Gasteiger partial charge on any atom is -0.461 e. The van der Waals surface area contributed by atoms with Gasteiger partial charge in [-0.25, -0.2) is 4.39 Å². The molecular weight excluding hydrogens is 291 g/mol. The van der Waals surface area contributed by atoms with Crippen LogP contribution in [0.4, 0.5) is 4.39 Å². The molecule has 0 saturated heterocycles. The van der Waals surface area contributed by atoms with Crippen molar-refractivity contribution in [3.05, 3.63) is 70.2 Å². The number of para-hydroxylation sites is 1. The van der Waals surface area contributed by atoms with Crippen LogP contribution < -0.4 is 0 Å². The second kappa shape index (κ2) is 5.51. The maximum atomic E-state index is 13.8. The molecule has 4 heteroatoms. The predicted octanol–water partition coefficient (Wildman–Crippen LogP) is 4.81. The van der Waals surface area contributed by atoms with Crippen LogP contribution in [0.1, 0.15) is 23.0 Å². The van der Waals surface area contributed by atoms with E-state index in [1.54, 1.807) is 19.1 Å². The third-order valence-electron chi connectivity index (χ3n) is 3.61. The second-order valence-electron chi connectivity index (χ2n) is 4.99. The average molecular weight is 305 g/mol. The van der Waals surface area contributed by atoms with E-state index in [1.165, 1.54) is 6.07 Å². The van der Waals surface area contributed by atoms with Crippen LogP contribution in [0.3, 0.4) is 0 Å². The molecule has 1 N–H and O–H groups in total. The van der Waals surface area contributed by atoms with Gasteiger partial charge in [0, 0.05) is 28.0 Å². The maximum Gasteiger partial charge on any atom is 0.134 e. The van der Waals surface area contributed by atoms with Gasteiger partial charge < -0.3 is 9.52 Å². The number of hydrogen-bond acceptors (Lipinski definition) is 2. The maximum absolute atomic E-state index is 13.8. The highest BCUT2D eigenvalue weighted by Crippen LogP contribution is 2.33. The predicted molar refractivity (Wildman–Crippen MR) is 81.0 cm³/mol. The molecule has 0 spiro atoms.